The standard InChI is InChI=1S/C15H13ClF2N2O2/c1-2-22-14-6-9(5-11(16)15(14)21)8-19-20-13-4-3-10(17)7-12(13)18/h3-8,20-21H,2H2,1H3/b19-8+. The smallest absolute Gasteiger partial charge is 0.176 e. The molecule has 116 valence electrons. The van der Waals surface area contributed by atoms with Gasteiger partial charge in [-0.1, -0.05) is 11.6 Å². The number of nitrogens with one attached hydrogen (secondary N) is 1. The minimum atomic E-state index is -0.754. The van der Waals surface area contributed by atoms with Crippen LogP contribution in [0.25, 0.3) is 0 Å². The van der Waals surface area contributed by atoms with Gasteiger partial charge in [0.15, 0.2) is 17.3 Å². The first kappa shape index (κ1) is 16.0. The number of hydrazone groups is 1. The molecule has 0 aliphatic rings. The van der Waals surface area contributed by atoms with E-state index in [1.165, 1.54) is 24.4 Å². The van der Waals surface area contributed by atoms with Crippen LogP contribution in [0.5, 0.6) is 11.5 Å². The Kier molecular flexibility index (Phi) is 5.16. The predicted octanol–water partition coefficient (Wildman–Crippen LogP) is 4.17. The SMILES string of the molecule is CCOc1cc(/C=N/Nc2ccc(F)cc2F)cc(Cl)c1O. The van der Waals surface area contributed by atoms with E-state index in [1.54, 1.807) is 6.92 Å². The Bertz CT molecular complexity index is 708. The molecule has 0 spiro atoms. The van der Waals surface area contributed by atoms with Crippen molar-refractivity contribution in [2.75, 3.05) is 12.0 Å². The normalized spacial score (nSPS) is 10.9. The highest BCUT2D eigenvalue weighted by Crippen LogP contribution is 2.34. The average molecular weight is 327 g/mol. The van der Waals surface area contributed by atoms with E-state index < -0.39 is 11.6 Å². The van der Waals surface area contributed by atoms with Crippen molar-refractivity contribution in [1.29, 1.82) is 0 Å². The summed E-state index contributed by atoms with van der Waals surface area (Å²) in [4.78, 5) is 0. The summed E-state index contributed by atoms with van der Waals surface area (Å²) in [6.07, 6.45) is 1.37. The van der Waals surface area contributed by atoms with Gasteiger partial charge in [0.05, 0.1) is 23.5 Å². The van der Waals surface area contributed by atoms with Crippen LogP contribution in [0.15, 0.2) is 35.4 Å². The Morgan fingerprint density at radius 3 is 2.77 bits per heavy atom. The first-order valence-corrected chi connectivity index (χ1v) is 6.78. The molecule has 0 saturated carbocycles. The maximum Gasteiger partial charge on any atom is 0.176 e. The first-order valence-electron chi connectivity index (χ1n) is 6.40. The molecule has 0 saturated heterocycles. The topological polar surface area (TPSA) is 53.8 Å². The monoisotopic (exact) mass is 326 g/mol. The number of hydrogen-bond donors (Lipinski definition) is 2. The van der Waals surface area contributed by atoms with Crippen LogP contribution in [-0.2, 0) is 0 Å². The van der Waals surface area contributed by atoms with E-state index in [9.17, 15) is 13.9 Å². The number of phenolic OH excluding ortho intramolecular Hbond substituents is 1. The molecule has 0 fully saturated rings. The number of anilines is 1. The largest absolute Gasteiger partial charge is 0.503 e. The lowest BCUT2D eigenvalue weighted by atomic mass is 10.2. The molecule has 0 radical (unpaired) electrons. The molecule has 4 nitrogen and oxygen atoms in total. The van der Waals surface area contributed by atoms with Crippen molar-refractivity contribution in [3.05, 3.63) is 52.6 Å². The molecule has 0 bridgehead atoms. The lowest BCUT2D eigenvalue weighted by Gasteiger charge is -2.08. The molecule has 2 rings (SSSR count). The van der Waals surface area contributed by atoms with Crippen LogP contribution in [0.2, 0.25) is 5.02 Å². The van der Waals surface area contributed by atoms with E-state index in [0.29, 0.717) is 12.2 Å². The molecule has 0 aliphatic carbocycles. The number of ether oxygens (including phenoxy) is 1. The summed E-state index contributed by atoms with van der Waals surface area (Å²) in [6, 6.07) is 6.12. The fourth-order valence-corrected chi connectivity index (χ4v) is 1.91. The van der Waals surface area contributed by atoms with Crippen LogP contribution in [0.3, 0.4) is 0 Å². The lowest BCUT2D eigenvalue weighted by Crippen LogP contribution is -1.96. The van der Waals surface area contributed by atoms with Crippen molar-refractivity contribution in [2.24, 2.45) is 5.10 Å². The number of phenols is 1. The summed E-state index contributed by atoms with van der Waals surface area (Å²) >= 11 is 5.88. The molecule has 0 unspecified atom stereocenters. The number of rotatable bonds is 5. The highest BCUT2D eigenvalue weighted by atomic mass is 35.5. The summed E-state index contributed by atoms with van der Waals surface area (Å²) in [5.41, 5.74) is 3.03. The zero-order valence-corrected chi connectivity index (χ0v) is 12.4. The van der Waals surface area contributed by atoms with Crippen molar-refractivity contribution in [1.82, 2.24) is 0 Å². The third-order valence-corrected chi connectivity index (χ3v) is 2.97. The minimum absolute atomic E-state index is 0.0348. The molecule has 2 aromatic carbocycles. The summed E-state index contributed by atoms with van der Waals surface area (Å²) in [6.45, 7) is 2.14. The summed E-state index contributed by atoms with van der Waals surface area (Å²) < 4.78 is 31.4. The molecule has 22 heavy (non-hydrogen) atoms. The van der Waals surface area contributed by atoms with Gasteiger partial charge in [-0.3, -0.25) is 5.43 Å². The highest BCUT2D eigenvalue weighted by Gasteiger charge is 2.08. The number of benzene rings is 2. The fraction of sp³-hybridized carbons (Fsp3) is 0.133. The van der Waals surface area contributed by atoms with Gasteiger partial charge in [-0.25, -0.2) is 8.78 Å². The molecule has 0 aromatic heterocycles. The van der Waals surface area contributed by atoms with E-state index >= 15 is 0 Å². The zero-order chi connectivity index (χ0) is 16.1. The molecular weight excluding hydrogens is 314 g/mol. The van der Waals surface area contributed by atoms with Crippen LogP contribution in [0, 0.1) is 11.6 Å². The van der Waals surface area contributed by atoms with Crippen LogP contribution in [0.4, 0.5) is 14.5 Å². The van der Waals surface area contributed by atoms with Crippen molar-refractivity contribution >= 4 is 23.5 Å². The third kappa shape index (κ3) is 3.85. The second-order valence-electron chi connectivity index (χ2n) is 4.28. The molecule has 7 heteroatoms. The summed E-state index contributed by atoms with van der Waals surface area (Å²) in [7, 11) is 0. The lowest BCUT2D eigenvalue weighted by molar-refractivity contribution is 0.318. The van der Waals surface area contributed by atoms with Crippen molar-refractivity contribution in [3.63, 3.8) is 0 Å². The maximum atomic E-state index is 13.4. The molecule has 2 N–H and O–H groups in total. The van der Waals surface area contributed by atoms with Gasteiger partial charge >= 0.3 is 0 Å². The Balaban J connectivity index is 2.16. The van der Waals surface area contributed by atoms with Gasteiger partial charge in [0.1, 0.15) is 5.82 Å². The molecule has 2 aromatic rings. The van der Waals surface area contributed by atoms with Crippen molar-refractivity contribution in [2.45, 2.75) is 6.92 Å². The Morgan fingerprint density at radius 2 is 2.09 bits per heavy atom. The fourth-order valence-electron chi connectivity index (χ4n) is 1.69. The number of hydrogen-bond acceptors (Lipinski definition) is 4. The van der Waals surface area contributed by atoms with Gasteiger partial charge in [0.2, 0.25) is 0 Å². The highest BCUT2D eigenvalue weighted by molar-refractivity contribution is 6.32. The van der Waals surface area contributed by atoms with Gasteiger partial charge in [-0.2, -0.15) is 5.10 Å². The Labute approximate surface area is 131 Å². The second-order valence-corrected chi connectivity index (χ2v) is 4.68. The van der Waals surface area contributed by atoms with E-state index in [2.05, 4.69) is 10.5 Å². The van der Waals surface area contributed by atoms with E-state index in [1.807, 2.05) is 0 Å². The van der Waals surface area contributed by atoms with E-state index in [-0.39, 0.29) is 22.2 Å². The minimum Gasteiger partial charge on any atom is -0.503 e. The third-order valence-electron chi connectivity index (χ3n) is 2.68. The van der Waals surface area contributed by atoms with Gasteiger partial charge in [0.25, 0.3) is 0 Å². The predicted molar refractivity (Wildman–Crippen MR) is 81.9 cm³/mol. The van der Waals surface area contributed by atoms with Crippen LogP contribution in [0.1, 0.15) is 12.5 Å². The number of halogens is 3. The van der Waals surface area contributed by atoms with Crippen LogP contribution >= 0.6 is 11.6 Å². The number of aromatic hydroxyl groups is 1. The van der Waals surface area contributed by atoms with Crippen LogP contribution in [-0.4, -0.2) is 17.9 Å². The zero-order valence-electron chi connectivity index (χ0n) is 11.6. The summed E-state index contributed by atoms with van der Waals surface area (Å²) in [5.74, 6) is -1.35. The van der Waals surface area contributed by atoms with E-state index in [4.69, 9.17) is 16.3 Å². The molecule has 0 atom stereocenters. The molecule has 0 aliphatic heterocycles. The van der Waals surface area contributed by atoms with Gasteiger partial charge < -0.3 is 9.84 Å². The van der Waals surface area contributed by atoms with Crippen LogP contribution < -0.4 is 10.2 Å². The van der Waals surface area contributed by atoms with Crippen molar-refractivity contribution < 1.29 is 18.6 Å². The average Bonchev–Trinajstić information content (AvgIpc) is 2.46. The van der Waals surface area contributed by atoms with Gasteiger partial charge in [-0.15, -0.1) is 0 Å². The summed E-state index contributed by atoms with van der Waals surface area (Å²) in [5, 5.41) is 13.7. The maximum absolute atomic E-state index is 13.4. The molecule has 0 heterocycles. The number of nitrogens with zero attached hydrogens (tertiary/aromatic N) is 1. The van der Waals surface area contributed by atoms with Gasteiger partial charge in [-0.05, 0) is 36.8 Å². The Hall–Kier alpha value is -2.34. The molecule has 0 amide bonds. The first-order chi connectivity index (χ1) is 10.5. The Morgan fingerprint density at radius 1 is 1.32 bits per heavy atom. The molecular formula is C15H13ClF2N2O2. The quantitative estimate of drug-likeness (QED) is 0.640. The van der Waals surface area contributed by atoms with Crippen molar-refractivity contribution in [3.8, 4) is 11.5 Å². The second kappa shape index (κ2) is 7.09. The van der Waals surface area contributed by atoms with Gasteiger partial charge in [0, 0.05) is 6.07 Å². The van der Waals surface area contributed by atoms with E-state index in [0.717, 1.165) is 12.1 Å².